The van der Waals surface area contributed by atoms with Gasteiger partial charge in [-0.2, -0.15) is 0 Å². The molecule has 1 aromatic rings. The van der Waals surface area contributed by atoms with Gasteiger partial charge in [-0.3, -0.25) is 4.79 Å². The van der Waals surface area contributed by atoms with Gasteiger partial charge in [0.2, 0.25) is 0 Å². The van der Waals surface area contributed by atoms with Crippen LogP contribution in [0.2, 0.25) is 0 Å². The summed E-state index contributed by atoms with van der Waals surface area (Å²) in [6, 6.07) is 2.46. The van der Waals surface area contributed by atoms with Crippen molar-refractivity contribution in [1.82, 2.24) is 10.3 Å². The Hall–Kier alpha value is -2.55. The van der Waals surface area contributed by atoms with Crippen LogP contribution in [0, 0.1) is 12.3 Å². The van der Waals surface area contributed by atoms with Crippen molar-refractivity contribution in [2.45, 2.75) is 32.2 Å². The number of carboxylic acid groups (broad SMARTS) is 1. The van der Waals surface area contributed by atoms with Gasteiger partial charge in [-0.25, -0.2) is 9.78 Å². The second-order valence-electron chi connectivity index (χ2n) is 4.50. The van der Waals surface area contributed by atoms with Crippen LogP contribution in [0.25, 0.3) is 0 Å². The topological polar surface area (TPSA) is 91.3 Å². The highest BCUT2D eigenvalue weighted by Gasteiger charge is 2.17. The number of anilines is 1. The lowest BCUT2D eigenvalue weighted by Crippen LogP contribution is -2.29. The zero-order valence-corrected chi connectivity index (χ0v) is 11.9. The number of nitrogens with one attached hydrogen (secondary N) is 2. The van der Waals surface area contributed by atoms with Gasteiger partial charge in [0, 0.05) is 6.20 Å². The summed E-state index contributed by atoms with van der Waals surface area (Å²) in [5.74, 6) is 1.50. The van der Waals surface area contributed by atoms with Crippen LogP contribution in [-0.2, 0) is 4.79 Å². The first kappa shape index (κ1) is 16.5. The minimum atomic E-state index is -0.916. The third-order valence-electron chi connectivity index (χ3n) is 2.84. The van der Waals surface area contributed by atoms with E-state index in [1.165, 1.54) is 6.20 Å². The Bertz CT molecular complexity index is 520. The second kappa shape index (κ2) is 8.59. The average Bonchev–Trinajstić information content (AvgIpc) is 2.49. The first-order valence-corrected chi connectivity index (χ1v) is 6.75. The maximum Gasteiger partial charge on any atom is 0.326 e. The molecule has 0 aromatic carbocycles. The van der Waals surface area contributed by atoms with Gasteiger partial charge in [0.15, 0.2) is 0 Å². The number of carboxylic acids is 1. The first-order valence-electron chi connectivity index (χ1n) is 6.75. The molecule has 3 N–H and O–H groups in total. The molecule has 0 aliphatic carbocycles. The van der Waals surface area contributed by atoms with Crippen molar-refractivity contribution in [3.05, 3.63) is 23.9 Å². The van der Waals surface area contributed by atoms with Gasteiger partial charge >= 0.3 is 5.97 Å². The van der Waals surface area contributed by atoms with Gasteiger partial charge in [-0.05, 0) is 18.6 Å². The molecule has 0 spiro atoms. The lowest BCUT2D eigenvalue weighted by molar-refractivity contribution is -0.138. The summed E-state index contributed by atoms with van der Waals surface area (Å²) in [5, 5.41) is 14.5. The molecule has 112 valence electrons. The monoisotopic (exact) mass is 289 g/mol. The predicted molar refractivity (Wildman–Crippen MR) is 80.0 cm³/mol. The van der Waals surface area contributed by atoms with Crippen molar-refractivity contribution in [3.8, 4) is 12.3 Å². The van der Waals surface area contributed by atoms with E-state index in [-0.39, 0.29) is 12.5 Å². The molecule has 0 aliphatic heterocycles. The highest BCUT2D eigenvalue weighted by molar-refractivity contribution is 5.94. The summed E-state index contributed by atoms with van der Waals surface area (Å²) in [4.78, 5) is 26.8. The lowest BCUT2D eigenvalue weighted by atomic mass is 10.1. The fraction of sp³-hybridized carbons (Fsp3) is 0.400. The molecule has 0 bridgehead atoms. The van der Waals surface area contributed by atoms with E-state index in [9.17, 15) is 9.59 Å². The van der Waals surface area contributed by atoms with E-state index < -0.39 is 12.0 Å². The fourth-order valence-corrected chi connectivity index (χ4v) is 1.69. The van der Waals surface area contributed by atoms with Gasteiger partial charge in [0.1, 0.15) is 11.9 Å². The maximum atomic E-state index is 11.6. The summed E-state index contributed by atoms with van der Waals surface area (Å²) >= 11 is 0. The number of carbonyl (C=O) groups excluding carboxylic acids is 1. The highest BCUT2D eigenvalue weighted by Crippen LogP contribution is 2.10. The Morgan fingerprint density at radius 3 is 2.76 bits per heavy atom. The van der Waals surface area contributed by atoms with E-state index in [4.69, 9.17) is 11.5 Å². The number of unbranched alkanes of at least 4 members (excludes halogenated alkanes) is 1. The van der Waals surface area contributed by atoms with Crippen molar-refractivity contribution in [1.29, 1.82) is 0 Å². The van der Waals surface area contributed by atoms with Crippen LogP contribution < -0.4 is 10.6 Å². The maximum absolute atomic E-state index is 11.6. The number of aliphatic carboxylic acids is 1. The molecule has 0 saturated heterocycles. The van der Waals surface area contributed by atoms with Gasteiger partial charge in [-0.15, -0.1) is 6.42 Å². The number of hydrogen-bond acceptors (Lipinski definition) is 4. The third kappa shape index (κ3) is 5.53. The molecule has 6 heteroatoms. The quantitative estimate of drug-likeness (QED) is 0.631. The summed E-state index contributed by atoms with van der Waals surface area (Å²) in [6.07, 6.45) is 8.70. The SMILES string of the molecule is C#CCNC(=O)c1ccc(N[C@@H](CCCC)C(=O)O)nc1. The van der Waals surface area contributed by atoms with E-state index in [1.54, 1.807) is 12.1 Å². The third-order valence-corrected chi connectivity index (χ3v) is 2.84. The van der Waals surface area contributed by atoms with E-state index >= 15 is 0 Å². The van der Waals surface area contributed by atoms with Crippen LogP contribution in [0.5, 0.6) is 0 Å². The molecule has 0 fully saturated rings. The molecular weight excluding hydrogens is 270 g/mol. The van der Waals surface area contributed by atoms with Crippen LogP contribution in [0.3, 0.4) is 0 Å². The summed E-state index contributed by atoms with van der Waals surface area (Å²) in [5.41, 5.74) is 0.372. The van der Waals surface area contributed by atoms with Crippen LogP contribution >= 0.6 is 0 Å². The molecule has 1 rings (SSSR count). The van der Waals surface area contributed by atoms with Crippen LogP contribution in [0.1, 0.15) is 36.5 Å². The van der Waals surface area contributed by atoms with Gasteiger partial charge in [0.25, 0.3) is 5.91 Å². The first-order chi connectivity index (χ1) is 10.1. The molecule has 21 heavy (non-hydrogen) atoms. The van der Waals surface area contributed by atoms with E-state index in [0.717, 1.165) is 12.8 Å². The molecule has 1 amide bonds. The molecule has 6 nitrogen and oxygen atoms in total. The van der Waals surface area contributed by atoms with Crippen molar-refractivity contribution in [3.63, 3.8) is 0 Å². The summed E-state index contributed by atoms with van der Waals surface area (Å²) < 4.78 is 0. The highest BCUT2D eigenvalue weighted by atomic mass is 16.4. The van der Waals surface area contributed by atoms with E-state index in [1.807, 2.05) is 6.92 Å². The number of hydrogen-bond donors (Lipinski definition) is 3. The zero-order valence-electron chi connectivity index (χ0n) is 11.9. The molecule has 0 aliphatic rings. The van der Waals surface area contributed by atoms with E-state index in [0.29, 0.717) is 17.8 Å². The van der Waals surface area contributed by atoms with Crippen LogP contribution in [0.15, 0.2) is 18.3 Å². The lowest BCUT2D eigenvalue weighted by Gasteiger charge is -2.14. The van der Waals surface area contributed by atoms with Crippen LogP contribution in [0.4, 0.5) is 5.82 Å². The summed E-state index contributed by atoms with van der Waals surface area (Å²) in [6.45, 7) is 2.15. The minimum Gasteiger partial charge on any atom is -0.480 e. The fourth-order valence-electron chi connectivity index (χ4n) is 1.69. The van der Waals surface area contributed by atoms with Gasteiger partial charge < -0.3 is 15.7 Å². The Labute approximate surface area is 124 Å². The number of rotatable bonds is 8. The molecule has 1 atom stereocenters. The van der Waals surface area contributed by atoms with Gasteiger partial charge in [-0.1, -0.05) is 25.7 Å². The standard InChI is InChI=1S/C15H19N3O3/c1-3-5-6-12(15(20)21)18-13-8-7-11(10-17-13)14(19)16-9-4-2/h2,7-8,10,12H,3,5-6,9H2,1H3,(H,16,19)(H,17,18)(H,20,21)/t12-/m0/s1. The Balaban J connectivity index is 2.66. The number of amides is 1. The number of nitrogens with zero attached hydrogens (tertiary/aromatic N) is 1. The average molecular weight is 289 g/mol. The number of terminal acetylenes is 1. The molecule has 1 aromatic heterocycles. The second-order valence-corrected chi connectivity index (χ2v) is 4.50. The molecule has 0 radical (unpaired) electrons. The van der Waals surface area contributed by atoms with Crippen LogP contribution in [-0.4, -0.2) is 34.6 Å². The smallest absolute Gasteiger partial charge is 0.326 e. The van der Waals surface area contributed by atoms with E-state index in [2.05, 4.69) is 21.5 Å². The number of carbonyl (C=O) groups is 2. The van der Waals surface area contributed by atoms with Crippen molar-refractivity contribution < 1.29 is 14.7 Å². The normalized spacial score (nSPS) is 11.2. The summed E-state index contributed by atoms with van der Waals surface area (Å²) in [7, 11) is 0. The zero-order chi connectivity index (χ0) is 15.7. The molecular formula is C15H19N3O3. The predicted octanol–water partition coefficient (Wildman–Crippen LogP) is 1.50. The van der Waals surface area contributed by atoms with Crippen molar-refractivity contribution in [2.24, 2.45) is 0 Å². The molecule has 0 unspecified atom stereocenters. The largest absolute Gasteiger partial charge is 0.480 e. The Kier molecular flexibility index (Phi) is 6.75. The van der Waals surface area contributed by atoms with Crippen molar-refractivity contribution >= 4 is 17.7 Å². The molecule has 1 heterocycles. The van der Waals surface area contributed by atoms with Crippen molar-refractivity contribution in [2.75, 3.05) is 11.9 Å². The Morgan fingerprint density at radius 1 is 1.48 bits per heavy atom. The molecule has 0 saturated carbocycles. The van der Waals surface area contributed by atoms with Gasteiger partial charge in [0.05, 0.1) is 12.1 Å². The Morgan fingerprint density at radius 2 is 2.24 bits per heavy atom. The minimum absolute atomic E-state index is 0.150. The number of pyridine rings is 1. The number of aromatic nitrogens is 1.